The van der Waals surface area contributed by atoms with Crippen molar-refractivity contribution in [3.05, 3.63) is 46.8 Å². The summed E-state index contributed by atoms with van der Waals surface area (Å²) < 4.78 is 11.0. The molecule has 0 saturated carbocycles. The first kappa shape index (κ1) is 14.6. The number of aryl methyl sites for hydroxylation is 2. The van der Waals surface area contributed by atoms with Crippen molar-refractivity contribution in [1.82, 2.24) is 10.5 Å². The van der Waals surface area contributed by atoms with Crippen LogP contribution in [0.2, 0.25) is 0 Å². The fourth-order valence-corrected chi connectivity index (χ4v) is 2.01. The minimum absolute atomic E-state index is 0.427. The quantitative estimate of drug-likeness (QED) is 0.877. The lowest BCUT2D eigenvalue weighted by Crippen LogP contribution is -2.22. The first-order valence-corrected chi connectivity index (χ1v) is 6.93. The van der Waals surface area contributed by atoms with E-state index in [1.54, 1.807) is 0 Å². The largest absolute Gasteiger partial charge is 0.487 e. The third kappa shape index (κ3) is 3.84. The van der Waals surface area contributed by atoms with Crippen LogP contribution in [0.5, 0.6) is 5.75 Å². The molecule has 0 aliphatic carbocycles. The van der Waals surface area contributed by atoms with Crippen molar-refractivity contribution in [3.63, 3.8) is 0 Å². The number of hydrogen-bond acceptors (Lipinski definition) is 4. The van der Waals surface area contributed by atoms with E-state index in [0.717, 1.165) is 29.3 Å². The number of nitrogens with one attached hydrogen (secondary N) is 1. The van der Waals surface area contributed by atoms with Crippen LogP contribution in [-0.2, 0) is 13.2 Å². The van der Waals surface area contributed by atoms with Crippen LogP contribution in [0.1, 0.15) is 36.4 Å². The molecular formula is C16H22N2O2. The van der Waals surface area contributed by atoms with Gasteiger partial charge in [0, 0.05) is 24.2 Å². The third-order valence-corrected chi connectivity index (χ3v) is 3.04. The molecule has 0 spiro atoms. The van der Waals surface area contributed by atoms with Crippen molar-refractivity contribution >= 4 is 0 Å². The molecule has 4 heteroatoms. The Hall–Kier alpha value is -1.81. The number of rotatable bonds is 6. The van der Waals surface area contributed by atoms with Crippen molar-refractivity contribution < 1.29 is 9.26 Å². The summed E-state index contributed by atoms with van der Waals surface area (Å²) in [4.78, 5) is 0. The van der Waals surface area contributed by atoms with Crippen LogP contribution in [0.4, 0.5) is 0 Å². The van der Waals surface area contributed by atoms with Crippen molar-refractivity contribution in [2.24, 2.45) is 0 Å². The number of ether oxygens (including phenoxy) is 1. The summed E-state index contributed by atoms with van der Waals surface area (Å²) in [5.41, 5.74) is 3.11. The average molecular weight is 274 g/mol. The van der Waals surface area contributed by atoms with Gasteiger partial charge in [0.05, 0.1) is 0 Å². The van der Waals surface area contributed by atoms with Crippen LogP contribution in [0.3, 0.4) is 0 Å². The van der Waals surface area contributed by atoms with Gasteiger partial charge in [-0.15, -0.1) is 0 Å². The van der Waals surface area contributed by atoms with Crippen molar-refractivity contribution in [2.45, 2.75) is 46.9 Å². The van der Waals surface area contributed by atoms with Crippen LogP contribution >= 0.6 is 0 Å². The summed E-state index contributed by atoms with van der Waals surface area (Å²) in [7, 11) is 0. The molecule has 108 valence electrons. The van der Waals surface area contributed by atoms with Crippen molar-refractivity contribution in [1.29, 1.82) is 0 Å². The normalized spacial score (nSPS) is 11.1. The first-order chi connectivity index (χ1) is 9.56. The van der Waals surface area contributed by atoms with Gasteiger partial charge in [-0.05, 0) is 19.4 Å². The molecular weight excluding hydrogens is 252 g/mol. The molecule has 1 aromatic heterocycles. The van der Waals surface area contributed by atoms with Gasteiger partial charge in [0.25, 0.3) is 0 Å². The standard InChI is InChI=1S/C16H22N2O2/c1-11(2)17-9-14-7-5-6-12(3)16(14)19-10-15-8-13(4)20-18-15/h5-8,11,17H,9-10H2,1-4H3. The Kier molecular flexibility index (Phi) is 4.79. The van der Waals surface area contributed by atoms with Gasteiger partial charge in [0.1, 0.15) is 23.8 Å². The number of hydrogen-bond donors (Lipinski definition) is 1. The number of benzene rings is 1. The predicted molar refractivity (Wildman–Crippen MR) is 78.7 cm³/mol. The molecule has 0 atom stereocenters. The number of aromatic nitrogens is 1. The van der Waals surface area contributed by atoms with Crippen molar-refractivity contribution in [2.75, 3.05) is 0 Å². The van der Waals surface area contributed by atoms with E-state index in [1.807, 2.05) is 13.0 Å². The van der Waals surface area contributed by atoms with Gasteiger partial charge in [0.2, 0.25) is 0 Å². The fourth-order valence-electron chi connectivity index (χ4n) is 2.01. The van der Waals surface area contributed by atoms with Crippen LogP contribution in [0.25, 0.3) is 0 Å². The van der Waals surface area contributed by atoms with E-state index in [4.69, 9.17) is 9.26 Å². The lowest BCUT2D eigenvalue weighted by molar-refractivity contribution is 0.282. The summed E-state index contributed by atoms with van der Waals surface area (Å²) in [6.07, 6.45) is 0. The molecule has 0 fully saturated rings. The molecule has 0 bridgehead atoms. The minimum atomic E-state index is 0.427. The molecule has 1 aromatic carbocycles. The second-order valence-corrected chi connectivity index (χ2v) is 5.32. The maximum Gasteiger partial charge on any atom is 0.134 e. The molecule has 0 aliphatic heterocycles. The minimum Gasteiger partial charge on any atom is -0.487 e. The van der Waals surface area contributed by atoms with E-state index in [1.165, 1.54) is 5.56 Å². The summed E-state index contributed by atoms with van der Waals surface area (Å²) >= 11 is 0. The molecule has 0 aliphatic rings. The fraction of sp³-hybridized carbons (Fsp3) is 0.438. The number of para-hydroxylation sites is 1. The molecule has 0 radical (unpaired) electrons. The predicted octanol–water partition coefficient (Wildman–Crippen LogP) is 3.37. The maximum absolute atomic E-state index is 5.94. The van der Waals surface area contributed by atoms with Crippen LogP contribution in [-0.4, -0.2) is 11.2 Å². The third-order valence-electron chi connectivity index (χ3n) is 3.04. The van der Waals surface area contributed by atoms with Crippen LogP contribution in [0.15, 0.2) is 28.8 Å². The van der Waals surface area contributed by atoms with Gasteiger partial charge in [0.15, 0.2) is 0 Å². The molecule has 0 amide bonds. The zero-order valence-corrected chi connectivity index (χ0v) is 12.6. The van der Waals surface area contributed by atoms with Gasteiger partial charge in [-0.2, -0.15) is 0 Å². The Balaban J connectivity index is 2.08. The van der Waals surface area contributed by atoms with E-state index in [-0.39, 0.29) is 0 Å². The first-order valence-electron chi connectivity index (χ1n) is 6.93. The monoisotopic (exact) mass is 274 g/mol. The van der Waals surface area contributed by atoms with E-state index < -0.39 is 0 Å². The van der Waals surface area contributed by atoms with E-state index in [9.17, 15) is 0 Å². The summed E-state index contributed by atoms with van der Waals surface area (Å²) in [6, 6.07) is 8.54. The molecule has 0 saturated heterocycles. The molecule has 1 heterocycles. The Morgan fingerprint density at radius 2 is 2.10 bits per heavy atom. The topological polar surface area (TPSA) is 47.3 Å². The summed E-state index contributed by atoms with van der Waals surface area (Å²) in [6.45, 7) is 9.43. The lowest BCUT2D eigenvalue weighted by Gasteiger charge is -2.15. The highest BCUT2D eigenvalue weighted by atomic mass is 16.5. The molecule has 2 aromatic rings. The van der Waals surface area contributed by atoms with E-state index >= 15 is 0 Å². The summed E-state index contributed by atoms with van der Waals surface area (Å²) in [5.74, 6) is 1.73. The zero-order valence-electron chi connectivity index (χ0n) is 12.6. The van der Waals surface area contributed by atoms with Crippen molar-refractivity contribution in [3.8, 4) is 5.75 Å². The Morgan fingerprint density at radius 3 is 2.75 bits per heavy atom. The molecule has 4 nitrogen and oxygen atoms in total. The van der Waals surface area contributed by atoms with Gasteiger partial charge >= 0.3 is 0 Å². The van der Waals surface area contributed by atoms with Gasteiger partial charge in [-0.1, -0.05) is 37.2 Å². The van der Waals surface area contributed by atoms with E-state index in [0.29, 0.717) is 12.6 Å². The molecule has 20 heavy (non-hydrogen) atoms. The molecule has 2 rings (SSSR count). The molecule has 0 unspecified atom stereocenters. The highest BCUT2D eigenvalue weighted by Crippen LogP contribution is 2.24. The maximum atomic E-state index is 5.94. The van der Waals surface area contributed by atoms with Gasteiger partial charge in [-0.25, -0.2) is 0 Å². The van der Waals surface area contributed by atoms with Crippen LogP contribution < -0.4 is 10.1 Å². The number of nitrogens with zero attached hydrogens (tertiary/aromatic N) is 1. The van der Waals surface area contributed by atoms with Gasteiger partial charge < -0.3 is 14.6 Å². The highest BCUT2D eigenvalue weighted by Gasteiger charge is 2.09. The smallest absolute Gasteiger partial charge is 0.134 e. The highest BCUT2D eigenvalue weighted by molar-refractivity contribution is 5.40. The van der Waals surface area contributed by atoms with Gasteiger partial charge in [-0.3, -0.25) is 0 Å². The SMILES string of the molecule is Cc1cc(COc2c(C)cccc2CNC(C)C)no1. The summed E-state index contributed by atoms with van der Waals surface area (Å²) in [5, 5.41) is 7.37. The van der Waals surface area contributed by atoms with E-state index in [2.05, 4.69) is 49.4 Å². The Labute approximate surface area is 120 Å². The lowest BCUT2D eigenvalue weighted by atomic mass is 10.1. The second-order valence-electron chi connectivity index (χ2n) is 5.32. The van der Waals surface area contributed by atoms with Crippen LogP contribution in [0, 0.1) is 13.8 Å². The molecule has 1 N–H and O–H groups in total. The Morgan fingerprint density at radius 1 is 1.30 bits per heavy atom. The Bertz CT molecular complexity index is 561. The zero-order chi connectivity index (χ0) is 14.5. The second kappa shape index (κ2) is 6.57. The average Bonchev–Trinajstić information content (AvgIpc) is 2.81.